The SMILES string of the molecule is NC(=NO)C1(C(=O)Nc2cccc(F)c2)CCCC1. The summed E-state index contributed by atoms with van der Waals surface area (Å²) in [4.78, 5) is 12.3. The van der Waals surface area contributed by atoms with E-state index in [2.05, 4.69) is 10.5 Å². The van der Waals surface area contributed by atoms with Crippen LogP contribution in [0.5, 0.6) is 0 Å². The maximum absolute atomic E-state index is 13.1. The average Bonchev–Trinajstić information content (AvgIpc) is 2.88. The minimum absolute atomic E-state index is 0.0843. The fourth-order valence-corrected chi connectivity index (χ4v) is 2.49. The van der Waals surface area contributed by atoms with Gasteiger partial charge in [0.15, 0.2) is 5.84 Å². The summed E-state index contributed by atoms with van der Waals surface area (Å²) in [6, 6.07) is 5.63. The van der Waals surface area contributed by atoms with Gasteiger partial charge in [0.25, 0.3) is 0 Å². The number of oxime groups is 1. The maximum atomic E-state index is 13.1. The maximum Gasteiger partial charge on any atom is 0.238 e. The Morgan fingerprint density at radius 2 is 2.11 bits per heavy atom. The van der Waals surface area contributed by atoms with E-state index in [1.807, 2.05) is 0 Å². The van der Waals surface area contributed by atoms with Gasteiger partial charge in [-0.25, -0.2) is 4.39 Å². The summed E-state index contributed by atoms with van der Waals surface area (Å²) in [5.41, 5.74) is 5.04. The lowest BCUT2D eigenvalue weighted by molar-refractivity contribution is -0.122. The zero-order chi connectivity index (χ0) is 13.9. The van der Waals surface area contributed by atoms with Crippen LogP contribution in [-0.2, 0) is 4.79 Å². The second-order valence-corrected chi connectivity index (χ2v) is 4.74. The third-order valence-electron chi connectivity index (χ3n) is 3.57. The molecule has 0 spiro atoms. The molecule has 0 heterocycles. The molecule has 1 saturated carbocycles. The van der Waals surface area contributed by atoms with Crippen molar-refractivity contribution in [2.45, 2.75) is 25.7 Å². The molecule has 19 heavy (non-hydrogen) atoms. The topological polar surface area (TPSA) is 87.7 Å². The van der Waals surface area contributed by atoms with Crippen molar-refractivity contribution in [1.29, 1.82) is 0 Å². The molecule has 5 nitrogen and oxygen atoms in total. The van der Waals surface area contributed by atoms with Gasteiger partial charge < -0.3 is 16.3 Å². The van der Waals surface area contributed by atoms with Gasteiger partial charge in [0.05, 0.1) is 0 Å². The zero-order valence-electron chi connectivity index (χ0n) is 10.4. The first kappa shape index (κ1) is 13.3. The molecule has 102 valence electrons. The lowest BCUT2D eigenvalue weighted by atomic mass is 9.83. The summed E-state index contributed by atoms with van der Waals surface area (Å²) in [7, 11) is 0. The summed E-state index contributed by atoms with van der Waals surface area (Å²) in [6.45, 7) is 0. The monoisotopic (exact) mass is 265 g/mol. The van der Waals surface area contributed by atoms with Crippen LogP contribution < -0.4 is 11.1 Å². The Hall–Kier alpha value is -2.11. The van der Waals surface area contributed by atoms with Crippen molar-refractivity contribution in [3.8, 4) is 0 Å². The van der Waals surface area contributed by atoms with Crippen LogP contribution in [0, 0.1) is 11.2 Å². The molecule has 0 radical (unpaired) electrons. The van der Waals surface area contributed by atoms with Crippen molar-refractivity contribution in [3.63, 3.8) is 0 Å². The van der Waals surface area contributed by atoms with Crippen LogP contribution in [-0.4, -0.2) is 17.0 Å². The highest BCUT2D eigenvalue weighted by molar-refractivity contribution is 6.12. The Bertz CT molecular complexity index is 510. The van der Waals surface area contributed by atoms with E-state index in [0.29, 0.717) is 18.5 Å². The van der Waals surface area contributed by atoms with Gasteiger partial charge in [0.1, 0.15) is 11.2 Å². The van der Waals surface area contributed by atoms with Crippen LogP contribution >= 0.6 is 0 Å². The number of amides is 1. The Morgan fingerprint density at radius 3 is 2.68 bits per heavy atom. The molecule has 1 aromatic rings. The molecule has 1 fully saturated rings. The number of amidine groups is 1. The van der Waals surface area contributed by atoms with Crippen LogP contribution in [0.1, 0.15) is 25.7 Å². The predicted molar refractivity (Wildman–Crippen MR) is 69.3 cm³/mol. The second-order valence-electron chi connectivity index (χ2n) is 4.74. The molecular formula is C13H16FN3O2. The average molecular weight is 265 g/mol. The highest BCUT2D eigenvalue weighted by Crippen LogP contribution is 2.39. The van der Waals surface area contributed by atoms with E-state index in [4.69, 9.17) is 10.9 Å². The summed E-state index contributed by atoms with van der Waals surface area (Å²) < 4.78 is 13.1. The first-order valence-electron chi connectivity index (χ1n) is 6.13. The molecular weight excluding hydrogens is 249 g/mol. The van der Waals surface area contributed by atoms with Crippen molar-refractivity contribution < 1.29 is 14.4 Å². The molecule has 2 rings (SSSR count). The Kier molecular flexibility index (Phi) is 3.69. The predicted octanol–water partition coefficient (Wildman–Crippen LogP) is 2.07. The Balaban J connectivity index is 2.22. The fourth-order valence-electron chi connectivity index (χ4n) is 2.49. The molecule has 1 aromatic carbocycles. The quantitative estimate of drug-likeness (QED) is 0.338. The smallest absolute Gasteiger partial charge is 0.238 e. The van der Waals surface area contributed by atoms with E-state index in [9.17, 15) is 9.18 Å². The fraction of sp³-hybridized carbons (Fsp3) is 0.385. The third kappa shape index (κ3) is 2.52. The molecule has 0 saturated heterocycles. The van der Waals surface area contributed by atoms with Gasteiger partial charge in [-0.3, -0.25) is 4.79 Å². The number of anilines is 1. The summed E-state index contributed by atoms with van der Waals surface area (Å²) in [5, 5.41) is 14.5. The molecule has 1 aliphatic carbocycles. The van der Waals surface area contributed by atoms with E-state index in [-0.39, 0.29) is 11.7 Å². The van der Waals surface area contributed by atoms with Gasteiger partial charge in [-0.1, -0.05) is 24.1 Å². The minimum Gasteiger partial charge on any atom is -0.409 e. The van der Waals surface area contributed by atoms with Gasteiger partial charge in [-0.15, -0.1) is 0 Å². The molecule has 0 unspecified atom stereocenters. The number of nitrogens with one attached hydrogen (secondary N) is 1. The third-order valence-corrected chi connectivity index (χ3v) is 3.57. The first-order valence-corrected chi connectivity index (χ1v) is 6.13. The number of benzene rings is 1. The van der Waals surface area contributed by atoms with Crippen LogP contribution in [0.15, 0.2) is 29.4 Å². The van der Waals surface area contributed by atoms with Crippen LogP contribution in [0.4, 0.5) is 10.1 Å². The van der Waals surface area contributed by atoms with E-state index >= 15 is 0 Å². The van der Waals surface area contributed by atoms with Crippen LogP contribution in [0.2, 0.25) is 0 Å². The standard InChI is InChI=1S/C13H16FN3O2/c14-9-4-3-5-10(8-9)16-12(18)13(11(15)17-19)6-1-2-7-13/h3-5,8,19H,1-2,6-7H2,(H2,15,17)(H,16,18). The second kappa shape index (κ2) is 5.26. The van der Waals surface area contributed by atoms with Crippen molar-refractivity contribution in [3.05, 3.63) is 30.1 Å². The molecule has 1 amide bonds. The van der Waals surface area contributed by atoms with Crippen molar-refractivity contribution in [1.82, 2.24) is 0 Å². The molecule has 0 aliphatic heterocycles. The van der Waals surface area contributed by atoms with E-state index in [0.717, 1.165) is 12.8 Å². The van der Waals surface area contributed by atoms with Gasteiger partial charge in [0, 0.05) is 5.69 Å². The number of nitrogens with two attached hydrogens (primary N) is 1. The van der Waals surface area contributed by atoms with Gasteiger partial charge in [-0.05, 0) is 31.0 Å². The summed E-state index contributed by atoms with van der Waals surface area (Å²) in [5.74, 6) is -0.869. The van der Waals surface area contributed by atoms with E-state index in [1.165, 1.54) is 18.2 Å². The number of rotatable bonds is 3. The van der Waals surface area contributed by atoms with Crippen LogP contribution in [0.3, 0.4) is 0 Å². The molecule has 0 atom stereocenters. The van der Waals surface area contributed by atoms with E-state index in [1.54, 1.807) is 6.07 Å². The van der Waals surface area contributed by atoms with Crippen molar-refractivity contribution in [2.24, 2.45) is 16.3 Å². The summed E-state index contributed by atoms with van der Waals surface area (Å²) in [6.07, 6.45) is 2.74. The molecule has 0 bridgehead atoms. The Labute approximate surface area is 110 Å². The Morgan fingerprint density at radius 1 is 1.42 bits per heavy atom. The minimum atomic E-state index is -0.985. The number of hydrogen-bond donors (Lipinski definition) is 3. The number of hydrogen-bond acceptors (Lipinski definition) is 3. The molecule has 6 heteroatoms. The first-order chi connectivity index (χ1) is 9.08. The van der Waals surface area contributed by atoms with Crippen molar-refractivity contribution in [2.75, 3.05) is 5.32 Å². The van der Waals surface area contributed by atoms with Crippen LogP contribution in [0.25, 0.3) is 0 Å². The normalized spacial score (nSPS) is 18.3. The van der Waals surface area contributed by atoms with E-state index < -0.39 is 11.2 Å². The van der Waals surface area contributed by atoms with Gasteiger partial charge in [0.2, 0.25) is 5.91 Å². The highest BCUT2D eigenvalue weighted by Gasteiger charge is 2.45. The number of carbonyl (C=O) groups excluding carboxylic acids is 1. The van der Waals surface area contributed by atoms with Gasteiger partial charge in [-0.2, -0.15) is 0 Å². The lowest BCUT2D eigenvalue weighted by Gasteiger charge is -2.25. The lowest BCUT2D eigenvalue weighted by Crippen LogP contribution is -2.45. The van der Waals surface area contributed by atoms with Crippen molar-refractivity contribution >= 4 is 17.4 Å². The summed E-state index contributed by atoms with van der Waals surface area (Å²) >= 11 is 0. The largest absolute Gasteiger partial charge is 0.409 e. The molecule has 4 N–H and O–H groups in total. The number of nitrogens with zero attached hydrogens (tertiary/aromatic N) is 1. The molecule has 1 aliphatic rings. The molecule has 0 aromatic heterocycles. The highest BCUT2D eigenvalue weighted by atomic mass is 19.1. The van der Waals surface area contributed by atoms with Gasteiger partial charge >= 0.3 is 0 Å². The number of halogens is 1. The number of carbonyl (C=O) groups is 1. The zero-order valence-corrected chi connectivity index (χ0v) is 10.4.